The van der Waals surface area contributed by atoms with E-state index in [0.29, 0.717) is 11.4 Å². The molecule has 0 aliphatic carbocycles. The number of thiazole rings is 1. The molecule has 8 heteroatoms. The van der Waals surface area contributed by atoms with E-state index in [4.69, 9.17) is 0 Å². The second kappa shape index (κ2) is 4.79. The molecular weight excluding hydrogens is 272 g/mol. The SMILES string of the molecule is Cc1n[nH]c(C)c1S(=O)(=O)N(C)Cc1nccs1. The quantitative estimate of drug-likeness (QED) is 0.919. The molecule has 0 aliphatic heterocycles. The Bertz CT molecular complexity index is 611. The van der Waals surface area contributed by atoms with E-state index >= 15 is 0 Å². The molecule has 0 fully saturated rings. The predicted octanol–water partition coefficient (Wildman–Crippen LogP) is 1.30. The van der Waals surface area contributed by atoms with Crippen molar-refractivity contribution in [2.24, 2.45) is 0 Å². The fourth-order valence-electron chi connectivity index (χ4n) is 1.68. The minimum atomic E-state index is -3.53. The number of nitrogens with zero attached hydrogens (tertiary/aromatic N) is 3. The smallest absolute Gasteiger partial charge is 0.246 e. The molecule has 6 nitrogen and oxygen atoms in total. The van der Waals surface area contributed by atoms with Gasteiger partial charge in [-0.3, -0.25) is 5.10 Å². The number of hydrogen-bond acceptors (Lipinski definition) is 5. The van der Waals surface area contributed by atoms with Crippen LogP contribution in [0, 0.1) is 13.8 Å². The summed E-state index contributed by atoms with van der Waals surface area (Å²) in [6, 6.07) is 0. The molecule has 0 amide bonds. The monoisotopic (exact) mass is 286 g/mol. The topological polar surface area (TPSA) is 79.0 Å². The first-order valence-electron chi connectivity index (χ1n) is 5.29. The van der Waals surface area contributed by atoms with E-state index < -0.39 is 10.0 Å². The highest BCUT2D eigenvalue weighted by Gasteiger charge is 2.27. The van der Waals surface area contributed by atoms with E-state index in [1.807, 2.05) is 5.38 Å². The lowest BCUT2D eigenvalue weighted by Gasteiger charge is -2.15. The van der Waals surface area contributed by atoms with Crippen LogP contribution in [-0.4, -0.2) is 35.0 Å². The molecule has 0 saturated heterocycles. The van der Waals surface area contributed by atoms with Crippen molar-refractivity contribution in [1.29, 1.82) is 0 Å². The van der Waals surface area contributed by atoms with E-state index in [1.165, 1.54) is 15.6 Å². The molecule has 2 heterocycles. The van der Waals surface area contributed by atoms with Crippen molar-refractivity contribution in [1.82, 2.24) is 19.5 Å². The van der Waals surface area contributed by atoms with Gasteiger partial charge in [-0.1, -0.05) is 0 Å². The number of rotatable bonds is 4. The van der Waals surface area contributed by atoms with E-state index in [1.54, 1.807) is 27.1 Å². The molecular formula is C10H14N4O2S2. The molecule has 1 N–H and O–H groups in total. The van der Waals surface area contributed by atoms with Gasteiger partial charge in [0, 0.05) is 18.6 Å². The Balaban J connectivity index is 2.32. The average molecular weight is 286 g/mol. The van der Waals surface area contributed by atoms with Crippen LogP contribution in [0.3, 0.4) is 0 Å². The van der Waals surface area contributed by atoms with Gasteiger partial charge in [-0.15, -0.1) is 11.3 Å². The van der Waals surface area contributed by atoms with E-state index in [-0.39, 0.29) is 11.4 Å². The zero-order chi connectivity index (χ0) is 13.3. The Hall–Kier alpha value is -1.25. The first-order valence-corrected chi connectivity index (χ1v) is 7.61. The number of aromatic nitrogens is 3. The number of sulfonamides is 1. The first kappa shape index (κ1) is 13.2. The van der Waals surface area contributed by atoms with Crippen molar-refractivity contribution in [2.45, 2.75) is 25.3 Å². The van der Waals surface area contributed by atoms with Crippen molar-refractivity contribution in [2.75, 3.05) is 7.05 Å². The van der Waals surface area contributed by atoms with Gasteiger partial charge in [0.15, 0.2) is 0 Å². The van der Waals surface area contributed by atoms with E-state index in [0.717, 1.165) is 5.01 Å². The van der Waals surface area contributed by atoms with Gasteiger partial charge in [-0.2, -0.15) is 9.40 Å². The molecule has 0 bridgehead atoms. The average Bonchev–Trinajstić information content (AvgIpc) is 2.89. The van der Waals surface area contributed by atoms with Gasteiger partial charge in [0.25, 0.3) is 0 Å². The molecule has 18 heavy (non-hydrogen) atoms. The molecule has 2 aromatic heterocycles. The van der Waals surface area contributed by atoms with Crippen LogP contribution in [0.5, 0.6) is 0 Å². The highest BCUT2D eigenvalue weighted by atomic mass is 32.2. The highest BCUT2D eigenvalue weighted by molar-refractivity contribution is 7.89. The molecule has 0 aromatic carbocycles. The summed E-state index contributed by atoms with van der Waals surface area (Å²) < 4.78 is 26.1. The van der Waals surface area contributed by atoms with Crippen molar-refractivity contribution < 1.29 is 8.42 Å². The fourth-order valence-corrected chi connectivity index (χ4v) is 3.89. The van der Waals surface area contributed by atoms with Crippen molar-refractivity contribution in [3.05, 3.63) is 28.0 Å². The lowest BCUT2D eigenvalue weighted by atomic mass is 10.4. The Morgan fingerprint density at radius 1 is 1.44 bits per heavy atom. The van der Waals surface area contributed by atoms with Gasteiger partial charge in [0.05, 0.1) is 17.9 Å². The Morgan fingerprint density at radius 3 is 2.67 bits per heavy atom. The molecule has 0 unspecified atom stereocenters. The van der Waals surface area contributed by atoms with Crippen LogP contribution in [-0.2, 0) is 16.6 Å². The maximum atomic E-state index is 12.4. The summed E-state index contributed by atoms with van der Waals surface area (Å²) in [7, 11) is -1.98. The third kappa shape index (κ3) is 2.31. The number of H-pyrrole nitrogens is 1. The van der Waals surface area contributed by atoms with Crippen LogP contribution >= 0.6 is 11.3 Å². The highest BCUT2D eigenvalue weighted by Crippen LogP contribution is 2.22. The van der Waals surface area contributed by atoms with Crippen molar-refractivity contribution >= 4 is 21.4 Å². The van der Waals surface area contributed by atoms with Crippen LogP contribution in [0.15, 0.2) is 16.5 Å². The van der Waals surface area contributed by atoms with Crippen LogP contribution in [0.2, 0.25) is 0 Å². The fraction of sp³-hybridized carbons (Fsp3) is 0.400. The summed E-state index contributed by atoms with van der Waals surface area (Å²) in [6.07, 6.45) is 1.66. The number of aromatic amines is 1. The first-order chi connectivity index (χ1) is 8.43. The summed E-state index contributed by atoms with van der Waals surface area (Å²) >= 11 is 1.43. The van der Waals surface area contributed by atoms with Gasteiger partial charge in [0.2, 0.25) is 10.0 Å². The van der Waals surface area contributed by atoms with Gasteiger partial charge in [0.1, 0.15) is 9.90 Å². The summed E-state index contributed by atoms with van der Waals surface area (Å²) in [4.78, 5) is 4.34. The van der Waals surface area contributed by atoms with Crippen LogP contribution in [0.25, 0.3) is 0 Å². The molecule has 0 spiro atoms. The van der Waals surface area contributed by atoms with Gasteiger partial charge < -0.3 is 0 Å². The number of nitrogens with one attached hydrogen (secondary N) is 1. The summed E-state index contributed by atoms with van der Waals surface area (Å²) in [5, 5.41) is 9.19. The minimum absolute atomic E-state index is 0.251. The van der Waals surface area contributed by atoms with Gasteiger partial charge in [-0.25, -0.2) is 13.4 Å². The van der Waals surface area contributed by atoms with Crippen LogP contribution in [0.1, 0.15) is 16.4 Å². The third-order valence-electron chi connectivity index (χ3n) is 2.57. The second-order valence-electron chi connectivity index (χ2n) is 3.95. The molecule has 0 saturated carbocycles. The normalized spacial score (nSPS) is 12.2. The second-order valence-corrected chi connectivity index (χ2v) is 6.91. The zero-order valence-electron chi connectivity index (χ0n) is 10.3. The molecule has 0 radical (unpaired) electrons. The molecule has 98 valence electrons. The van der Waals surface area contributed by atoms with E-state index in [2.05, 4.69) is 15.2 Å². The third-order valence-corrected chi connectivity index (χ3v) is 5.40. The minimum Gasteiger partial charge on any atom is -0.281 e. The lowest BCUT2D eigenvalue weighted by Crippen LogP contribution is -2.27. The molecule has 0 aliphatic rings. The van der Waals surface area contributed by atoms with Gasteiger partial charge >= 0.3 is 0 Å². The van der Waals surface area contributed by atoms with E-state index in [9.17, 15) is 8.42 Å². The zero-order valence-corrected chi connectivity index (χ0v) is 12.0. The number of aryl methyl sites for hydroxylation is 2. The Kier molecular flexibility index (Phi) is 3.51. The summed E-state index contributed by atoms with van der Waals surface area (Å²) in [5.74, 6) is 0. The number of hydrogen-bond donors (Lipinski definition) is 1. The van der Waals surface area contributed by atoms with Crippen LogP contribution in [0.4, 0.5) is 0 Å². The molecule has 2 rings (SSSR count). The summed E-state index contributed by atoms with van der Waals surface area (Å²) in [6.45, 7) is 3.64. The maximum Gasteiger partial charge on any atom is 0.246 e. The molecule has 2 aromatic rings. The van der Waals surface area contributed by atoms with Gasteiger partial charge in [-0.05, 0) is 13.8 Å². The Morgan fingerprint density at radius 2 is 2.17 bits per heavy atom. The summed E-state index contributed by atoms with van der Waals surface area (Å²) in [5.41, 5.74) is 1.04. The van der Waals surface area contributed by atoms with Crippen LogP contribution < -0.4 is 0 Å². The Labute approximate surface area is 110 Å². The largest absolute Gasteiger partial charge is 0.281 e. The predicted molar refractivity (Wildman–Crippen MR) is 68.8 cm³/mol. The standard InChI is InChI=1S/C10H14N4O2S2/c1-7-10(8(2)13-12-7)18(15,16)14(3)6-9-11-4-5-17-9/h4-5H,6H2,1-3H3,(H,12,13). The maximum absolute atomic E-state index is 12.4. The van der Waals surface area contributed by atoms with Crippen molar-refractivity contribution in [3.8, 4) is 0 Å². The lowest BCUT2D eigenvalue weighted by molar-refractivity contribution is 0.465. The molecule has 0 atom stereocenters. The van der Waals surface area contributed by atoms with Crippen molar-refractivity contribution in [3.63, 3.8) is 0 Å².